The topological polar surface area (TPSA) is 111 Å². The van der Waals surface area contributed by atoms with E-state index in [1.54, 1.807) is 39.0 Å². The van der Waals surface area contributed by atoms with Gasteiger partial charge in [-0.3, -0.25) is 9.59 Å². The molecular formula is C20H24N2O6S. The van der Waals surface area contributed by atoms with Crippen molar-refractivity contribution in [3.8, 4) is 11.5 Å². The molecule has 0 aliphatic carbocycles. The van der Waals surface area contributed by atoms with Crippen LogP contribution in [0.5, 0.6) is 11.5 Å². The zero-order valence-electron chi connectivity index (χ0n) is 16.5. The first-order valence-corrected chi connectivity index (χ1v) is 10.5. The van der Waals surface area contributed by atoms with Crippen molar-refractivity contribution in [1.82, 2.24) is 10.6 Å². The Hall–Kier alpha value is -3.07. The van der Waals surface area contributed by atoms with Gasteiger partial charge in [0.05, 0.1) is 13.2 Å². The van der Waals surface area contributed by atoms with E-state index in [0.29, 0.717) is 12.4 Å². The van der Waals surface area contributed by atoms with Gasteiger partial charge < -0.3 is 19.6 Å². The molecule has 0 saturated heterocycles. The van der Waals surface area contributed by atoms with Crippen molar-refractivity contribution >= 4 is 21.9 Å². The third kappa shape index (κ3) is 6.49. The third-order valence-corrected chi connectivity index (χ3v) is 4.82. The van der Waals surface area contributed by atoms with Gasteiger partial charge >= 0.3 is 10.1 Å². The maximum atomic E-state index is 12.6. The number of nitrogens with one attached hydrogen (secondary N) is 2. The first kappa shape index (κ1) is 22.2. The fourth-order valence-electron chi connectivity index (χ4n) is 2.39. The molecule has 156 valence electrons. The van der Waals surface area contributed by atoms with Crippen LogP contribution in [0.15, 0.2) is 53.4 Å². The summed E-state index contributed by atoms with van der Waals surface area (Å²) >= 11 is 0. The SMILES string of the molecule is CCOc1ccccc1OS(=O)(=O)c1cccc(C(=O)NCC(=O)NC(C)C)c1. The molecule has 0 bridgehead atoms. The predicted octanol–water partition coefficient (Wildman–Crippen LogP) is 2.11. The molecule has 29 heavy (non-hydrogen) atoms. The molecule has 0 radical (unpaired) electrons. The van der Waals surface area contributed by atoms with Crippen LogP contribution >= 0.6 is 0 Å². The summed E-state index contributed by atoms with van der Waals surface area (Å²) in [5.74, 6) is -0.568. The Labute approximate surface area is 170 Å². The van der Waals surface area contributed by atoms with Crippen LogP contribution in [-0.2, 0) is 14.9 Å². The number of para-hydroxylation sites is 2. The number of rotatable bonds is 9. The lowest BCUT2D eigenvalue weighted by atomic mass is 10.2. The average molecular weight is 420 g/mol. The molecule has 0 aliphatic heterocycles. The van der Waals surface area contributed by atoms with Gasteiger partial charge in [-0.2, -0.15) is 8.42 Å². The molecule has 0 aliphatic rings. The van der Waals surface area contributed by atoms with Crippen LogP contribution in [0.25, 0.3) is 0 Å². The molecule has 2 N–H and O–H groups in total. The molecule has 2 rings (SSSR count). The molecular weight excluding hydrogens is 396 g/mol. The number of ether oxygens (including phenoxy) is 1. The van der Waals surface area contributed by atoms with Gasteiger partial charge in [0.15, 0.2) is 11.5 Å². The number of carbonyl (C=O) groups excluding carboxylic acids is 2. The van der Waals surface area contributed by atoms with E-state index in [1.807, 2.05) is 0 Å². The first-order valence-electron chi connectivity index (χ1n) is 9.07. The zero-order chi connectivity index (χ0) is 21.4. The molecule has 0 aromatic heterocycles. The maximum Gasteiger partial charge on any atom is 0.339 e. The fourth-order valence-corrected chi connectivity index (χ4v) is 3.38. The van der Waals surface area contributed by atoms with Gasteiger partial charge in [0.1, 0.15) is 4.90 Å². The van der Waals surface area contributed by atoms with E-state index in [1.165, 1.54) is 30.3 Å². The highest BCUT2D eigenvalue weighted by atomic mass is 32.2. The molecule has 2 aromatic carbocycles. The van der Waals surface area contributed by atoms with Crippen LogP contribution in [0.2, 0.25) is 0 Å². The quantitative estimate of drug-likeness (QED) is 0.601. The molecule has 0 atom stereocenters. The predicted molar refractivity (Wildman–Crippen MR) is 107 cm³/mol. The number of amides is 2. The molecule has 8 nitrogen and oxygen atoms in total. The second-order valence-electron chi connectivity index (χ2n) is 6.35. The minimum Gasteiger partial charge on any atom is -0.490 e. The smallest absolute Gasteiger partial charge is 0.339 e. The van der Waals surface area contributed by atoms with Crippen LogP contribution in [0, 0.1) is 0 Å². The minimum atomic E-state index is -4.20. The molecule has 2 aromatic rings. The fraction of sp³-hybridized carbons (Fsp3) is 0.300. The van der Waals surface area contributed by atoms with Gasteiger partial charge in [-0.15, -0.1) is 0 Å². The van der Waals surface area contributed by atoms with Crippen LogP contribution in [0.1, 0.15) is 31.1 Å². The Bertz CT molecular complexity index is 972. The van der Waals surface area contributed by atoms with E-state index in [0.717, 1.165) is 0 Å². The highest BCUT2D eigenvalue weighted by Gasteiger charge is 2.21. The minimum absolute atomic E-state index is 0.0505. The molecule has 0 saturated carbocycles. The second-order valence-corrected chi connectivity index (χ2v) is 7.90. The van der Waals surface area contributed by atoms with Crippen molar-refractivity contribution in [3.05, 3.63) is 54.1 Å². The summed E-state index contributed by atoms with van der Waals surface area (Å²) in [6.45, 7) is 5.51. The highest BCUT2D eigenvalue weighted by molar-refractivity contribution is 7.87. The lowest BCUT2D eigenvalue weighted by Crippen LogP contribution is -2.39. The molecule has 0 fully saturated rings. The van der Waals surface area contributed by atoms with Gasteiger partial charge in [0.25, 0.3) is 5.91 Å². The number of hydrogen-bond donors (Lipinski definition) is 2. The summed E-state index contributed by atoms with van der Waals surface area (Å²) in [4.78, 5) is 23.7. The molecule has 0 heterocycles. The third-order valence-electron chi connectivity index (χ3n) is 3.59. The van der Waals surface area contributed by atoms with Crippen molar-refractivity contribution in [1.29, 1.82) is 0 Å². The second kappa shape index (κ2) is 9.92. The van der Waals surface area contributed by atoms with E-state index < -0.39 is 16.0 Å². The Morgan fingerprint density at radius 3 is 2.38 bits per heavy atom. The van der Waals surface area contributed by atoms with Crippen molar-refractivity contribution in [2.24, 2.45) is 0 Å². The van der Waals surface area contributed by atoms with Crippen molar-refractivity contribution in [3.63, 3.8) is 0 Å². The van der Waals surface area contributed by atoms with E-state index in [9.17, 15) is 18.0 Å². The summed E-state index contributed by atoms with van der Waals surface area (Å²) in [5, 5.41) is 5.10. The Balaban J connectivity index is 2.15. The van der Waals surface area contributed by atoms with Crippen LogP contribution in [0.4, 0.5) is 0 Å². The van der Waals surface area contributed by atoms with Gasteiger partial charge in [0, 0.05) is 11.6 Å². The van der Waals surface area contributed by atoms with Crippen LogP contribution in [-0.4, -0.2) is 39.4 Å². The van der Waals surface area contributed by atoms with E-state index in [-0.39, 0.29) is 34.7 Å². The monoisotopic (exact) mass is 420 g/mol. The normalized spacial score (nSPS) is 11.0. The molecule has 0 unspecified atom stereocenters. The zero-order valence-corrected chi connectivity index (χ0v) is 17.3. The first-order chi connectivity index (χ1) is 13.7. The van der Waals surface area contributed by atoms with Gasteiger partial charge in [0.2, 0.25) is 5.91 Å². The van der Waals surface area contributed by atoms with E-state index in [2.05, 4.69) is 10.6 Å². The van der Waals surface area contributed by atoms with Gasteiger partial charge in [-0.25, -0.2) is 0 Å². The summed E-state index contributed by atoms with van der Waals surface area (Å²) < 4.78 is 35.9. The number of hydrogen-bond acceptors (Lipinski definition) is 6. The average Bonchev–Trinajstić information content (AvgIpc) is 2.67. The Morgan fingerprint density at radius 1 is 1.03 bits per heavy atom. The van der Waals surface area contributed by atoms with Crippen molar-refractivity contribution < 1.29 is 26.9 Å². The summed E-state index contributed by atoms with van der Waals surface area (Å²) in [6.07, 6.45) is 0. The van der Waals surface area contributed by atoms with Crippen LogP contribution in [0.3, 0.4) is 0 Å². The van der Waals surface area contributed by atoms with E-state index in [4.69, 9.17) is 8.92 Å². The largest absolute Gasteiger partial charge is 0.490 e. The molecule has 9 heteroatoms. The number of carbonyl (C=O) groups is 2. The molecule has 0 spiro atoms. The lowest BCUT2D eigenvalue weighted by Gasteiger charge is -2.12. The summed E-state index contributed by atoms with van der Waals surface area (Å²) in [6, 6.07) is 11.7. The van der Waals surface area contributed by atoms with E-state index >= 15 is 0 Å². The Kier molecular flexibility index (Phi) is 7.60. The number of benzene rings is 2. The molecule has 2 amide bonds. The Morgan fingerprint density at radius 2 is 1.72 bits per heavy atom. The van der Waals surface area contributed by atoms with Gasteiger partial charge in [-0.05, 0) is 51.1 Å². The van der Waals surface area contributed by atoms with Gasteiger partial charge in [-0.1, -0.05) is 18.2 Å². The standard InChI is InChI=1S/C20H24N2O6S/c1-4-27-17-10-5-6-11-18(17)28-29(25,26)16-9-7-8-15(12-16)20(24)21-13-19(23)22-14(2)3/h5-12,14H,4,13H2,1-3H3,(H,21,24)(H,22,23). The highest BCUT2D eigenvalue weighted by Crippen LogP contribution is 2.29. The maximum absolute atomic E-state index is 12.6. The lowest BCUT2D eigenvalue weighted by molar-refractivity contribution is -0.120. The summed E-state index contributed by atoms with van der Waals surface area (Å²) in [5.41, 5.74) is 0.0881. The van der Waals surface area contributed by atoms with Crippen molar-refractivity contribution in [2.75, 3.05) is 13.2 Å². The van der Waals surface area contributed by atoms with Crippen molar-refractivity contribution in [2.45, 2.75) is 31.7 Å². The summed E-state index contributed by atoms with van der Waals surface area (Å²) in [7, 11) is -4.20. The van der Waals surface area contributed by atoms with Crippen LogP contribution < -0.4 is 19.6 Å².